The highest BCUT2D eigenvalue weighted by Gasteiger charge is 2.21. The molecule has 0 heterocycles. The standard InChI is InChI=1S/C25H35N/c1-5-8-22(12-11-19(3)4)25(6-2)23-15-13-21(14-16-23)24-10-7-9-20(17-24)18-26/h7,9-10,13-19,22,25-26H,5-6,8,11-12H2,1-4H3. The highest BCUT2D eigenvalue weighted by Crippen LogP contribution is 2.36. The fourth-order valence-electron chi connectivity index (χ4n) is 4.04. The van der Waals surface area contributed by atoms with Crippen molar-refractivity contribution in [2.24, 2.45) is 11.8 Å². The van der Waals surface area contributed by atoms with Crippen LogP contribution in [0.1, 0.15) is 76.8 Å². The van der Waals surface area contributed by atoms with Gasteiger partial charge in [0.15, 0.2) is 0 Å². The molecule has 2 rings (SSSR count). The Hall–Kier alpha value is -1.89. The first kappa shape index (κ1) is 20.4. The van der Waals surface area contributed by atoms with E-state index in [1.54, 1.807) is 0 Å². The van der Waals surface area contributed by atoms with Gasteiger partial charge in [-0.05, 0) is 58.9 Å². The first-order valence-electron chi connectivity index (χ1n) is 10.3. The van der Waals surface area contributed by atoms with Crippen LogP contribution in [0.5, 0.6) is 0 Å². The molecule has 1 nitrogen and oxygen atoms in total. The molecule has 2 aromatic carbocycles. The van der Waals surface area contributed by atoms with Crippen molar-refractivity contribution in [2.45, 2.75) is 65.7 Å². The number of hydrogen-bond acceptors (Lipinski definition) is 1. The van der Waals surface area contributed by atoms with Crippen molar-refractivity contribution in [1.29, 1.82) is 5.41 Å². The van der Waals surface area contributed by atoms with Gasteiger partial charge in [0.05, 0.1) is 0 Å². The molecule has 140 valence electrons. The summed E-state index contributed by atoms with van der Waals surface area (Å²) in [5, 5.41) is 7.45. The Balaban J connectivity index is 2.20. The number of hydrogen-bond donors (Lipinski definition) is 1. The molecule has 0 saturated heterocycles. The molecular weight excluding hydrogens is 314 g/mol. The summed E-state index contributed by atoms with van der Waals surface area (Å²) in [6, 6.07) is 17.4. The highest BCUT2D eigenvalue weighted by atomic mass is 14.3. The fraction of sp³-hybridized carbons (Fsp3) is 0.480. The summed E-state index contributed by atoms with van der Waals surface area (Å²) < 4.78 is 0. The molecule has 0 amide bonds. The van der Waals surface area contributed by atoms with E-state index >= 15 is 0 Å². The van der Waals surface area contributed by atoms with Crippen LogP contribution in [0, 0.1) is 17.2 Å². The Bertz CT molecular complexity index is 669. The van der Waals surface area contributed by atoms with Gasteiger partial charge >= 0.3 is 0 Å². The molecule has 0 spiro atoms. The molecule has 0 fully saturated rings. The molecule has 1 heteroatoms. The highest BCUT2D eigenvalue weighted by molar-refractivity contribution is 5.80. The van der Waals surface area contributed by atoms with Crippen molar-refractivity contribution in [3.63, 3.8) is 0 Å². The van der Waals surface area contributed by atoms with Crippen LogP contribution in [0.25, 0.3) is 11.1 Å². The van der Waals surface area contributed by atoms with Crippen molar-refractivity contribution < 1.29 is 0 Å². The third-order valence-corrected chi connectivity index (χ3v) is 5.51. The van der Waals surface area contributed by atoms with Crippen molar-refractivity contribution in [3.05, 3.63) is 59.7 Å². The molecule has 0 aliphatic heterocycles. The zero-order chi connectivity index (χ0) is 18.9. The van der Waals surface area contributed by atoms with E-state index in [-0.39, 0.29) is 0 Å². The summed E-state index contributed by atoms with van der Waals surface area (Å²) in [5.74, 6) is 2.24. The van der Waals surface area contributed by atoms with Crippen LogP contribution in [-0.4, -0.2) is 6.21 Å². The zero-order valence-electron chi connectivity index (χ0n) is 17.0. The Morgan fingerprint density at radius 1 is 0.885 bits per heavy atom. The van der Waals surface area contributed by atoms with Gasteiger partial charge in [-0.15, -0.1) is 0 Å². The minimum atomic E-state index is 0.663. The zero-order valence-corrected chi connectivity index (χ0v) is 17.0. The predicted molar refractivity (Wildman–Crippen MR) is 115 cm³/mol. The Morgan fingerprint density at radius 3 is 2.19 bits per heavy atom. The van der Waals surface area contributed by atoms with Crippen LogP contribution in [-0.2, 0) is 0 Å². The Labute approximate surface area is 160 Å². The molecule has 2 atom stereocenters. The van der Waals surface area contributed by atoms with Crippen molar-refractivity contribution in [1.82, 2.24) is 0 Å². The van der Waals surface area contributed by atoms with Crippen LogP contribution in [0.2, 0.25) is 0 Å². The summed E-state index contributed by atoms with van der Waals surface area (Å²) in [4.78, 5) is 0. The van der Waals surface area contributed by atoms with E-state index < -0.39 is 0 Å². The molecular formula is C25H35N. The quantitative estimate of drug-likeness (QED) is 0.425. The van der Waals surface area contributed by atoms with E-state index in [0.717, 1.165) is 17.4 Å². The molecule has 1 N–H and O–H groups in total. The first-order valence-corrected chi connectivity index (χ1v) is 10.3. The molecule has 26 heavy (non-hydrogen) atoms. The van der Waals surface area contributed by atoms with Crippen molar-refractivity contribution in [3.8, 4) is 11.1 Å². The average Bonchev–Trinajstić information content (AvgIpc) is 2.67. The lowest BCUT2D eigenvalue weighted by Crippen LogP contribution is -2.13. The van der Waals surface area contributed by atoms with Gasteiger partial charge in [0.1, 0.15) is 0 Å². The van der Waals surface area contributed by atoms with Crippen LogP contribution in [0.15, 0.2) is 48.5 Å². The maximum atomic E-state index is 7.45. The van der Waals surface area contributed by atoms with E-state index in [2.05, 4.69) is 64.1 Å². The van der Waals surface area contributed by atoms with Gasteiger partial charge in [0.2, 0.25) is 0 Å². The second kappa shape index (κ2) is 10.3. The molecule has 2 unspecified atom stereocenters. The van der Waals surface area contributed by atoms with Gasteiger partial charge in [-0.3, -0.25) is 0 Å². The van der Waals surface area contributed by atoms with Gasteiger partial charge in [-0.1, -0.05) is 89.4 Å². The van der Waals surface area contributed by atoms with E-state index in [1.165, 1.54) is 55.0 Å². The second-order valence-electron chi connectivity index (χ2n) is 7.93. The summed E-state index contributed by atoms with van der Waals surface area (Å²) in [6.07, 6.45) is 7.89. The fourth-order valence-corrected chi connectivity index (χ4v) is 4.04. The normalized spacial score (nSPS) is 13.6. The van der Waals surface area contributed by atoms with Crippen LogP contribution >= 0.6 is 0 Å². The minimum Gasteiger partial charge on any atom is -0.308 e. The van der Waals surface area contributed by atoms with Crippen molar-refractivity contribution >= 4 is 6.21 Å². The average molecular weight is 350 g/mol. The van der Waals surface area contributed by atoms with Crippen molar-refractivity contribution in [2.75, 3.05) is 0 Å². The van der Waals surface area contributed by atoms with Crippen LogP contribution < -0.4 is 0 Å². The second-order valence-corrected chi connectivity index (χ2v) is 7.93. The van der Waals surface area contributed by atoms with E-state index in [0.29, 0.717) is 5.92 Å². The maximum Gasteiger partial charge on any atom is 0.0250 e. The lowest BCUT2D eigenvalue weighted by molar-refractivity contribution is 0.331. The molecule has 2 aromatic rings. The van der Waals surface area contributed by atoms with Gasteiger partial charge < -0.3 is 5.41 Å². The number of benzene rings is 2. The maximum absolute atomic E-state index is 7.45. The number of rotatable bonds is 10. The Morgan fingerprint density at radius 2 is 1.62 bits per heavy atom. The summed E-state index contributed by atoms with van der Waals surface area (Å²) >= 11 is 0. The van der Waals surface area contributed by atoms with Gasteiger partial charge in [-0.25, -0.2) is 0 Å². The summed E-state index contributed by atoms with van der Waals surface area (Å²) in [6.45, 7) is 9.32. The molecule has 0 bridgehead atoms. The molecule has 0 aliphatic rings. The predicted octanol–water partition coefficient (Wildman–Crippen LogP) is 7.70. The lowest BCUT2D eigenvalue weighted by atomic mass is 9.78. The SMILES string of the molecule is CCCC(CCC(C)C)C(CC)c1ccc(-c2cccc(C=N)c2)cc1. The number of nitrogens with one attached hydrogen (secondary N) is 1. The van der Waals surface area contributed by atoms with Crippen LogP contribution in [0.3, 0.4) is 0 Å². The molecule has 0 saturated carbocycles. The van der Waals surface area contributed by atoms with Gasteiger partial charge in [0, 0.05) is 6.21 Å². The lowest BCUT2D eigenvalue weighted by Gasteiger charge is -2.27. The largest absolute Gasteiger partial charge is 0.308 e. The minimum absolute atomic E-state index is 0.663. The van der Waals surface area contributed by atoms with E-state index in [4.69, 9.17) is 5.41 Å². The molecule has 0 aliphatic carbocycles. The molecule has 0 aromatic heterocycles. The third-order valence-electron chi connectivity index (χ3n) is 5.51. The first-order chi connectivity index (χ1) is 12.6. The third kappa shape index (κ3) is 5.56. The van der Waals surface area contributed by atoms with Crippen LogP contribution in [0.4, 0.5) is 0 Å². The van der Waals surface area contributed by atoms with Gasteiger partial charge in [-0.2, -0.15) is 0 Å². The topological polar surface area (TPSA) is 23.9 Å². The monoisotopic (exact) mass is 349 g/mol. The Kier molecular flexibility index (Phi) is 8.09. The summed E-state index contributed by atoms with van der Waals surface area (Å²) in [7, 11) is 0. The summed E-state index contributed by atoms with van der Waals surface area (Å²) in [5.41, 5.74) is 4.87. The van der Waals surface area contributed by atoms with E-state index in [1.807, 2.05) is 12.1 Å². The van der Waals surface area contributed by atoms with Gasteiger partial charge in [0.25, 0.3) is 0 Å². The van der Waals surface area contributed by atoms with E-state index in [9.17, 15) is 0 Å². The smallest absolute Gasteiger partial charge is 0.0250 e. The molecule has 0 radical (unpaired) electrons.